The maximum Gasteiger partial charge on any atom is 0.261 e. The van der Waals surface area contributed by atoms with Crippen molar-refractivity contribution >= 4 is 34.4 Å². The van der Waals surface area contributed by atoms with Gasteiger partial charge in [-0.15, -0.1) is 0 Å². The lowest BCUT2D eigenvalue weighted by Crippen LogP contribution is -2.44. The summed E-state index contributed by atoms with van der Waals surface area (Å²) in [6, 6.07) is 18.8. The van der Waals surface area contributed by atoms with E-state index in [9.17, 15) is 19.2 Å². The molecule has 2 aliphatic rings. The van der Waals surface area contributed by atoms with Crippen molar-refractivity contribution < 1.29 is 19.2 Å². The van der Waals surface area contributed by atoms with E-state index in [0.29, 0.717) is 45.9 Å². The third-order valence-electron chi connectivity index (χ3n) is 8.45. The molecular weight excluding hydrogens is 500 g/mol. The predicted molar refractivity (Wildman–Crippen MR) is 154 cm³/mol. The Kier molecular flexibility index (Phi) is 6.14. The molecule has 0 radical (unpaired) electrons. The average molecular weight is 531 g/mol. The molecule has 6 rings (SSSR count). The molecule has 4 aromatic carbocycles. The first-order valence-corrected chi connectivity index (χ1v) is 13.6. The molecular formula is C34H30N2O4. The van der Waals surface area contributed by atoms with E-state index in [1.807, 2.05) is 52.0 Å². The van der Waals surface area contributed by atoms with Crippen molar-refractivity contribution in [2.75, 3.05) is 13.1 Å². The topological polar surface area (TPSA) is 74.8 Å². The zero-order valence-electron chi connectivity index (χ0n) is 23.1. The highest BCUT2D eigenvalue weighted by atomic mass is 16.2. The summed E-state index contributed by atoms with van der Waals surface area (Å²) in [6.07, 6.45) is 1.08. The van der Waals surface area contributed by atoms with Gasteiger partial charge in [0.15, 0.2) is 0 Å². The molecule has 0 spiro atoms. The summed E-state index contributed by atoms with van der Waals surface area (Å²) in [5.74, 6) is -1.60. The van der Waals surface area contributed by atoms with Crippen molar-refractivity contribution in [1.29, 1.82) is 0 Å². The Hall–Kier alpha value is -4.58. The van der Waals surface area contributed by atoms with E-state index in [1.165, 1.54) is 20.9 Å². The van der Waals surface area contributed by atoms with Crippen molar-refractivity contribution in [3.63, 3.8) is 0 Å². The van der Waals surface area contributed by atoms with Crippen LogP contribution in [0.4, 0.5) is 0 Å². The number of aryl methyl sites for hydroxylation is 4. The lowest BCUT2D eigenvalue weighted by atomic mass is 9.85. The fourth-order valence-electron chi connectivity index (χ4n) is 5.78. The van der Waals surface area contributed by atoms with Gasteiger partial charge in [-0.3, -0.25) is 29.0 Å². The molecule has 0 aromatic heterocycles. The Morgan fingerprint density at radius 1 is 0.450 bits per heavy atom. The van der Waals surface area contributed by atoms with Crippen LogP contribution in [-0.4, -0.2) is 46.5 Å². The minimum atomic E-state index is -0.401. The van der Waals surface area contributed by atoms with Crippen LogP contribution in [0.25, 0.3) is 10.8 Å². The van der Waals surface area contributed by atoms with Gasteiger partial charge in [0.1, 0.15) is 0 Å². The van der Waals surface area contributed by atoms with E-state index in [4.69, 9.17) is 0 Å². The fraction of sp³-hybridized carbons (Fsp3) is 0.235. The molecule has 0 unspecified atom stereocenters. The second-order valence-corrected chi connectivity index (χ2v) is 10.9. The highest BCUT2D eigenvalue weighted by Crippen LogP contribution is 2.38. The number of rotatable bonds is 6. The monoisotopic (exact) mass is 530 g/mol. The molecule has 0 saturated carbocycles. The van der Waals surface area contributed by atoms with E-state index in [1.54, 1.807) is 24.3 Å². The Morgan fingerprint density at radius 2 is 0.775 bits per heavy atom. The molecule has 40 heavy (non-hydrogen) atoms. The van der Waals surface area contributed by atoms with Crippen LogP contribution in [0.5, 0.6) is 0 Å². The number of benzene rings is 4. The molecule has 6 heteroatoms. The number of amides is 4. The summed E-state index contributed by atoms with van der Waals surface area (Å²) in [7, 11) is 0. The van der Waals surface area contributed by atoms with Crippen LogP contribution in [0.2, 0.25) is 0 Å². The Morgan fingerprint density at radius 3 is 1.07 bits per heavy atom. The molecule has 4 aromatic rings. The largest absolute Gasteiger partial charge is 0.274 e. The Balaban J connectivity index is 1.31. The second kappa shape index (κ2) is 9.56. The SMILES string of the molecule is Cc1ccc(CCN2C(=O)c3ccc4c5c(ccc(c35)C2=O)C(=O)N(CCc2ccc(C)c(C)c2)C4=O)cc1C. The van der Waals surface area contributed by atoms with E-state index < -0.39 is 23.6 Å². The predicted octanol–water partition coefficient (Wildman–Crippen LogP) is 5.75. The van der Waals surface area contributed by atoms with Gasteiger partial charge in [-0.25, -0.2) is 0 Å². The number of carbonyl (C=O) groups is 4. The molecule has 0 atom stereocenters. The van der Waals surface area contributed by atoms with Gasteiger partial charge in [-0.1, -0.05) is 36.4 Å². The third-order valence-corrected chi connectivity index (χ3v) is 8.45. The van der Waals surface area contributed by atoms with Crippen molar-refractivity contribution in [3.8, 4) is 0 Å². The Labute approximate surface area is 233 Å². The molecule has 2 heterocycles. The molecule has 0 bridgehead atoms. The lowest BCUT2D eigenvalue weighted by Gasteiger charge is -2.32. The van der Waals surface area contributed by atoms with Gasteiger partial charge in [-0.2, -0.15) is 0 Å². The van der Waals surface area contributed by atoms with Crippen molar-refractivity contribution in [1.82, 2.24) is 9.80 Å². The van der Waals surface area contributed by atoms with Gasteiger partial charge in [0.05, 0.1) is 0 Å². The zero-order valence-corrected chi connectivity index (χ0v) is 23.1. The number of nitrogens with zero attached hydrogens (tertiary/aromatic N) is 2. The van der Waals surface area contributed by atoms with Crippen LogP contribution in [-0.2, 0) is 12.8 Å². The van der Waals surface area contributed by atoms with Crippen molar-refractivity contribution in [3.05, 3.63) is 116 Å². The summed E-state index contributed by atoms with van der Waals surface area (Å²) in [6.45, 7) is 8.67. The standard InChI is InChI=1S/C34H30N2O4/c1-19-5-7-23(17-21(19)3)13-15-35-31(37)25-9-11-27-30-28(12-10-26(29(25)30)32(35)38)34(40)36(33(27)39)16-14-24-8-6-20(2)22(4)18-24/h5-12,17-18H,13-16H2,1-4H3. The third kappa shape index (κ3) is 4.02. The quantitative estimate of drug-likeness (QED) is 0.298. The smallest absolute Gasteiger partial charge is 0.261 e. The van der Waals surface area contributed by atoms with Gasteiger partial charge >= 0.3 is 0 Å². The first kappa shape index (κ1) is 25.7. The average Bonchev–Trinajstić information content (AvgIpc) is 2.94. The fourth-order valence-corrected chi connectivity index (χ4v) is 5.78. The second-order valence-electron chi connectivity index (χ2n) is 10.9. The minimum Gasteiger partial charge on any atom is -0.274 e. The van der Waals surface area contributed by atoms with Crippen LogP contribution in [0.15, 0.2) is 60.7 Å². The number of hydrogen-bond acceptors (Lipinski definition) is 4. The summed E-state index contributed by atoms with van der Waals surface area (Å²) in [5.41, 5.74) is 8.20. The first-order valence-electron chi connectivity index (χ1n) is 13.6. The summed E-state index contributed by atoms with van der Waals surface area (Å²) in [5, 5.41) is 0.811. The van der Waals surface area contributed by atoms with Gasteiger partial charge in [0.25, 0.3) is 23.6 Å². The van der Waals surface area contributed by atoms with Gasteiger partial charge < -0.3 is 0 Å². The molecule has 0 aliphatic carbocycles. The Bertz CT molecular complexity index is 1580. The van der Waals surface area contributed by atoms with Gasteiger partial charge in [-0.05, 0) is 98.2 Å². The molecule has 200 valence electrons. The summed E-state index contributed by atoms with van der Waals surface area (Å²) in [4.78, 5) is 56.7. The van der Waals surface area contributed by atoms with Gasteiger partial charge in [0.2, 0.25) is 0 Å². The normalized spacial score (nSPS) is 14.5. The zero-order chi connectivity index (χ0) is 28.3. The maximum atomic E-state index is 13.5. The number of hydrogen-bond donors (Lipinski definition) is 0. The maximum absolute atomic E-state index is 13.5. The van der Waals surface area contributed by atoms with E-state index in [2.05, 4.69) is 12.1 Å². The molecule has 0 fully saturated rings. The lowest BCUT2D eigenvalue weighted by molar-refractivity contribution is 0.0590. The first-order chi connectivity index (χ1) is 19.2. The van der Waals surface area contributed by atoms with E-state index in [-0.39, 0.29) is 13.1 Å². The summed E-state index contributed by atoms with van der Waals surface area (Å²) >= 11 is 0. The van der Waals surface area contributed by atoms with Crippen LogP contribution in [0.1, 0.15) is 74.8 Å². The number of carbonyl (C=O) groups excluding carboxylic acids is 4. The minimum absolute atomic E-state index is 0.245. The van der Waals surface area contributed by atoms with E-state index >= 15 is 0 Å². The molecule has 0 N–H and O–H groups in total. The van der Waals surface area contributed by atoms with Crippen LogP contribution < -0.4 is 0 Å². The molecule has 6 nitrogen and oxygen atoms in total. The molecule has 0 saturated heterocycles. The van der Waals surface area contributed by atoms with E-state index in [0.717, 1.165) is 22.3 Å². The number of imide groups is 2. The highest BCUT2D eigenvalue weighted by molar-refractivity contribution is 6.33. The van der Waals surface area contributed by atoms with Crippen molar-refractivity contribution in [2.24, 2.45) is 0 Å². The molecule has 2 aliphatic heterocycles. The molecule has 4 amide bonds. The van der Waals surface area contributed by atoms with Crippen LogP contribution in [0.3, 0.4) is 0 Å². The highest BCUT2D eigenvalue weighted by Gasteiger charge is 2.39. The van der Waals surface area contributed by atoms with Gasteiger partial charge in [0, 0.05) is 46.1 Å². The summed E-state index contributed by atoms with van der Waals surface area (Å²) < 4.78 is 0. The van der Waals surface area contributed by atoms with Crippen LogP contribution in [0, 0.1) is 27.7 Å². The van der Waals surface area contributed by atoms with Crippen LogP contribution >= 0.6 is 0 Å². The van der Waals surface area contributed by atoms with Crippen molar-refractivity contribution in [2.45, 2.75) is 40.5 Å².